The zero-order chi connectivity index (χ0) is 22.1. The van der Waals surface area contributed by atoms with Crippen LogP contribution < -0.4 is 11.2 Å². The van der Waals surface area contributed by atoms with Crippen molar-refractivity contribution >= 4 is 54.6 Å². The quantitative estimate of drug-likeness (QED) is 0.327. The van der Waals surface area contributed by atoms with Crippen LogP contribution in [0.25, 0.3) is 16.7 Å². The zero-order valence-corrected chi connectivity index (χ0v) is 20.4. The Bertz CT molecular complexity index is 1520. The number of hydrogen-bond acceptors (Lipinski definition) is 5. The molecular formula is C23H15Br2NO4S. The molecule has 0 atom stereocenters. The van der Waals surface area contributed by atoms with Gasteiger partial charge in [0, 0.05) is 31.0 Å². The number of pyridine rings is 1. The summed E-state index contributed by atoms with van der Waals surface area (Å²) in [4.78, 5) is 27.0. The third-order valence-electron chi connectivity index (χ3n) is 5.57. The molecule has 0 amide bonds. The van der Waals surface area contributed by atoms with E-state index in [0.717, 1.165) is 36.9 Å². The number of halogens is 2. The van der Waals surface area contributed by atoms with Crippen LogP contribution in [0.2, 0.25) is 0 Å². The van der Waals surface area contributed by atoms with E-state index in [4.69, 9.17) is 4.42 Å². The van der Waals surface area contributed by atoms with E-state index < -0.39 is 16.6 Å². The van der Waals surface area contributed by atoms with Crippen molar-refractivity contribution in [1.82, 2.24) is 4.57 Å². The van der Waals surface area contributed by atoms with Crippen molar-refractivity contribution in [2.24, 2.45) is 0 Å². The second-order valence-electron chi connectivity index (χ2n) is 7.80. The second kappa shape index (κ2) is 7.12. The molecule has 4 aromatic rings. The summed E-state index contributed by atoms with van der Waals surface area (Å²) in [5, 5.41) is 11.0. The van der Waals surface area contributed by atoms with Crippen LogP contribution in [0.4, 0.5) is 0 Å². The number of hydrogen-bond donors (Lipinski definition) is 1. The van der Waals surface area contributed by atoms with Crippen LogP contribution in [0.3, 0.4) is 0 Å². The lowest BCUT2D eigenvalue weighted by molar-refractivity contribution is 0.445. The summed E-state index contributed by atoms with van der Waals surface area (Å²) < 4.78 is 8.81. The van der Waals surface area contributed by atoms with Crippen LogP contribution in [-0.2, 0) is 5.41 Å². The Morgan fingerprint density at radius 1 is 1.06 bits per heavy atom. The Balaban J connectivity index is 1.81. The summed E-state index contributed by atoms with van der Waals surface area (Å²) in [6, 6.07) is 14.7. The molecule has 5 rings (SSSR count). The van der Waals surface area contributed by atoms with E-state index in [9.17, 15) is 14.7 Å². The summed E-state index contributed by atoms with van der Waals surface area (Å²) in [6.07, 6.45) is 0. The zero-order valence-electron chi connectivity index (χ0n) is 16.4. The topological polar surface area (TPSA) is 72.4 Å². The fourth-order valence-electron chi connectivity index (χ4n) is 4.01. The van der Waals surface area contributed by atoms with E-state index in [1.807, 2.05) is 56.3 Å². The highest BCUT2D eigenvalue weighted by molar-refractivity contribution is 9.10. The van der Waals surface area contributed by atoms with E-state index in [1.165, 1.54) is 0 Å². The first-order valence-electron chi connectivity index (χ1n) is 9.39. The standard InChI is InChI=1S/C23H15Br2NO4S/c1-23(2)12-9-11(24)7-8-14(12)26-17(23)10-15-18(21(26)28)19(27)20(22(29)30-15)31-16-6-4-3-5-13(16)25/h3-10,27H,1-2H3. The van der Waals surface area contributed by atoms with Crippen molar-refractivity contribution in [2.75, 3.05) is 0 Å². The number of fused-ring (bicyclic) bond motifs is 4. The molecular weight excluding hydrogens is 546 g/mol. The number of rotatable bonds is 2. The molecule has 0 aliphatic carbocycles. The molecule has 2 aromatic heterocycles. The van der Waals surface area contributed by atoms with Gasteiger partial charge < -0.3 is 9.52 Å². The third kappa shape index (κ3) is 3.03. The average molecular weight is 561 g/mol. The number of benzene rings is 2. The Kier molecular flexibility index (Phi) is 4.73. The van der Waals surface area contributed by atoms with Gasteiger partial charge in [0.25, 0.3) is 5.56 Å². The number of nitrogens with zero attached hydrogens (tertiary/aromatic N) is 1. The second-order valence-corrected chi connectivity index (χ2v) is 10.6. The maximum atomic E-state index is 13.6. The molecule has 3 heterocycles. The van der Waals surface area contributed by atoms with Crippen molar-refractivity contribution in [2.45, 2.75) is 29.1 Å². The fraction of sp³-hybridized carbons (Fsp3) is 0.130. The van der Waals surface area contributed by atoms with E-state index in [-0.39, 0.29) is 21.6 Å². The van der Waals surface area contributed by atoms with Crippen LogP contribution in [0.15, 0.2) is 81.3 Å². The van der Waals surface area contributed by atoms with Crippen LogP contribution >= 0.6 is 43.6 Å². The minimum absolute atomic E-state index is 0.00975. The van der Waals surface area contributed by atoms with E-state index >= 15 is 0 Å². The predicted molar refractivity (Wildman–Crippen MR) is 128 cm³/mol. The molecule has 0 saturated carbocycles. The van der Waals surface area contributed by atoms with Gasteiger partial charge in [-0.05, 0) is 51.8 Å². The number of aromatic hydroxyl groups is 1. The van der Waals surface area contributed by atoms with Gasteiger partial charge in [-0.25, -0.2) is 4.79 Å². The van der Waals surface area contributed by atoms with Gasteiger partial charge in [-0.2, -0.15) is 0 Å². The average Bonchev–Trinajstić information content (AvgIpc) is 2.93. The summed E-state index contributed by atoms with van der Waals surface area (Å²) in [7, 11) is 0. The van der Waals surface area contributed by atoms with Crippen molar-refractivity contribution in [3.8, 4) is 11.4 Å². The van der Waals surface area contributed by atoms with Crippen LogP contribution in [-0.4, -0.2) is 9.67 Å². The highest BCUT2D eigenvalue weighted by atomic mass is 79.9. The van der Waals surface area contributed by atoms with Gasteiger partial charge in [-0.1, -0.05) is 53.7 Å². The van der Waals surface area contributed by atoms with Gasteiger partial charge >= 0.3 is 5.63 Å². The van der Waals surface area contributed by atoms with Crippen molar-refractivity contribution < 1.29 is 9.52 Å². The first-order chi connectivity index (χ1) is 14.7. The first-order valence-corrected chi connectivity index (χ1v) is 11.8. The van der Waals surface area contributed by atoms with E-state index in [1.54, 1.807) is 10.6 Å². The largest absolute Gasteiger partial charge is 0.505 e. The molecule has 0 spiro atoms. The summed E-state index contributed by atoms with van der Waals surface area (Å²) in [5.41, 5.74) is 0.910. The maximum absolute atomic E-state index is 13.6. The Morgan fingerprint density at radius 2 is 1.81 bits per heavy atom. The molecule has 0 fully saturated rings. The van der Waals surface area contributed by atoms with Gasteiger partial charge in [0.05, 0.1) is 5.69 Å². The van der Waals surface area contributed by atoms with Crippen LogP contribution in [0.5, 0.6) is 5.75 Å². The van der Waals surface area contributed by atoms with Crippen molar-refractivity contribution in [1.29, 1.82) is 0 Å². The van der Waals surface area contributed by atoms with Gasteiger partial charge in [0.2, 0.25) is 0 Å². The molecule has 8 heteroatoms. The van der Waals surface area contributed by atoms with Crippen molar-refractivity contribution in [3.05, 3.63) is 89.5 Å². The van der Waals surface area contributed by atoms with Crippen LogP contribution in [0, 0.1) is 0 Å². The van der Waals surface area contributed by atoms with E-state index in [2.05, 4.69) is 31.9 Å². The normalized spacial score (nSPS) is 13.9. The molecule has 0 bridgehead atoms. The minimum atomic E-state index is -0.689. The van der Waals surface area contributed by atoms with Crippen LogP contribution in [0.1, 0.15) is 25.1 Å². The first kappa shape index (κ1) is 20.6. The lowest BCUT2D eigenvalue weighted by Crippen LogP contribution is -2.24. The summed E-state index contributed by atoms with van der Waals surface area (Å²) >= 11 is 7.99. The predicted octanol–water partition coefficient (Wildman–Crippen LogP) is 5.97. The lowest BCUT2D eigenvalue weighted by atomic mass is 9.83. The molecule has 31 heavy (non-hydrogen) atoms. The molecule has 0 radical (unpaired) electrons. The van der Waals surface area contributed by atoms with Gasteiger partial charge in [-0.15, -0.1) is 0 Å². The molecule has 5 nitrogen and oxygen atoms in total. The monoisotopic (exact) mass is 559 g/mol. The smallest absolute Gasteiger partial charge is 0.354 e. The molecule has 1 aliphatic heterocycles. The Labute approximate surface area is 198 Å². The number of aromatic nitrogens is 1. The maximum Gasteiger partial charge on any atom is 0.354 e. The SMILES string of the molecule is CC1(C)c2cc(Br)ccc2-n2c1cc1oc(=O)c(Sc3ccccc3Br)c(O)c1c2=O. The van der Waals surface area contributed by atoms with Crippen molar-refractivity contribution in [3.63, 3.8) is 0 Å². The highest BCUT2D eigenvalue weighted by Crippen LogP contribution is 2.45. The molecule has 1 N–H and O–H groups in total. The Morgan fingerprint density at radius 3 is 2.55 bits per heavy atom. The Hall–Kier alpha value is -2.29. The van der Waals surface area contributed by atoms with Gasteiger partial charge in [-0.3, -0.25) is 9.36 Å². The van der Waals surface area contributed by atoms with Gasteiger partial charge in [0.1, 0.15) is 15.9 Å². The molecule has 0 unspecified atom stereocenters. The fourth-order valence-corrected chi connectivity index (χ4v) is 5.76. The third-order valence-corrected chi connectivity index (χ3v) is 8.16. The lowest BCUT2D eigenvalue weighted by Gasteiger charge is -2.20. The minimum Gasteiger partial charge on any atom is -0.505 e. The molecule has 156 valence electrons. The summed E-state index contributed by atoms with van der Waals surface area (Å²) in [6.45, 7) is 4.02. The molecule has 2 aromatic carbocycles. The van der Waals surface area contributed by atoms with Gasteiger partial charge in [0.15, 0.2) is 5.75 Å². The molecule has 1 aliphatic rings. The highest BCUT2D eigenvalue weighted by Gasteiger charge is 2.38. The summed E-state index contributed by atoms with van der Waals surface area (Å²) in [5.74, 6) is -0.365. The molecule has 0 saturated heterocycles. The van der Waals surface area contributed by atoms with E-state index in [0.29, 0.717) is 5.69 Å².